The third-order valence-corrected chi connectivity index (χ3v) is 3.75. The van der Waals surface area contributed by atoms with Gasteiger partial charge in [-0.2, -0.15) is 0 Å². The molecule has 0 aliphatic carbocycles. The number of anilines is 2. The van der Waals surface area contributed by atoms with E-state index in [-0.39, 0.29) is 23.6 Å². The number of rotatable bonds is 1. The molecule has 2 aromatic rings. The molecule has 1 aromatic heterocycles. The second-order valence-corrected chi connectivity index (χ2v) is 5.47. The minimum absolute atomic E-state index is 0.0377. The summed E-state index contributed by atoms with van der Waals surface area (Å²) < 4.78 is 4.99. The molecule has 2 heterocycles. The summed E-state index contributed by atoms with van der Waals surface area (Å²) in [7, 11) is 0. The number of hydrogen-bond acceptors (Lipinski definition) is 4. The average Bonchev–Trinajstić information content (AvgIpc) is 2.91. The fourth-order valence-corrected chi connectivity index (χ4v) is 2.86. The molecule has 1 aliphatic heterocycles. The number of carbonyl (C=O) groups excluding carboxylic acids is 2. The highest BCUT2D eigenvalue weighted by Crippen LogP contribution is 2.36. The Balaban J connectivity index is 2.05. The second-order valence-electron chi connectivity index (χ2n) is 5.47. The molecule has 6 nitrogen and oxygen atoms in total. The van der Waals surface area contributed by atoms with E-state index in [2.05, 4.69) is 5.16 Å². The van der Waals surface area contributed by atoms with Gasteiger partial charge in [0.05, 0.1) is 17.4 Å². The molecule has 0 saturated carbocycles. The Hall–Kier alpha value is -2.63. The van der Waals surface area contributed by atoms with Crippen LogP contribution in [0.15, 0.2) is 34.9 Å². The molecule has 1 atom stereocenters. The van der Waals surface area contributed by atoms with Crippen molar-refractivity contribution in [1.29, 1.82) is 0 Å². The van der Waals surface area contributed by atoms with Gasteiger partial charge in [0, 0.05) is 19.5 Å². The number of nitrogens with zero attached hydrogens (tertiary/aromatic N) is 3. The third kappa shape index (κ3) is 2.26. The molecule has 0 N–H and O–H groups in total. The zero-order valence-corrected chi connectivity index (χ0v) is 12.7. The zero-order valence-electron chi connectivity index (χ0n) is 12.7. The number of carbonyl (C=O) groups is 2. The van der Waals surface area contributed by atoms with Gasteiger partial charge in [0.15, 0.2) is 5.69 Å². The van der Waals surface area contributed by atoms with Gasteiger partial charge in [-0.15, -0.1) is 0 Å². The molecule has 0 radical (unpaired) electrons. The van der Waals surface area contributed by atoms with Crippen molar-refractivity contribution in [2.24, 2.45) is 0 Å². The SMILES string of the molecule is CC(=O)N1c2ccccc2N(C(=O)c2cc(C)on2)C[C@@H]1C. The lowest BCUT2D eigenvalue weighted by Crippen LogP contribution is -2.51. The van der Waals surface area contributed by atoms with Crippen LogP contribution in [0.3, 0.4) is 0 Å². The number of aryl methyl sites for hydroxylation is 1. The minimum atomic E-state index is -0.223. The van der Waals surface area contributed by atoms with Crippen LogP contribution in [0.2, 0.25) is 0 Å². The molecular formula is C16H17N3O3. The van der Waals surface area contributed by atoms with Crippen molar-refractivity contribution in [3.63, 3.8) is 0 Å². The molecule has 0 saturated heterocycles. The smallest absolute Gasteiger partial charge is 0.280 e. The first-order chi connectivity index (χ1) is 10.5. The first kappa shape index (κ1) is 14.3. The summed E-state index contributed by atoms with van der Waals surface area (Å²) in [6, 6.07) is 8.90. The van der Waals surface area contributed by atoms with E-state index in [0.29, 0.717) is 18.0 Å². The van der Waals surface area contributed by atoms with Crippen LogP contribution in [-0.4, -0.2) is 29.6 Å². The molecule has 1 aromatic carbocycles. The van der Waals surface area contributed by atoms with Gasteiger partial charge in [0.25, 0.3) is 5.91 Å². The molecule has 1 aliphatic rings. The monoisotopic (exact) mass is 299 g/mol. The van der Waals surface area contributed by atoms with E-state index in [4.69, 9.17) is 4.52 Å². The molecule has 3 rings (SSSR count). The highest BCUT2D eigenvalue weighted by atomic mass is 16.5. The van der Waals surface area contributed by atoms with Crippen molar-refractivity contribution >= 4 is 23.2 Å². The maximum Gasteiger partial charge on any atom is 0.280 e. The van der Waals surface area contributed by atoms with E-state index >= 15 is 0 Å². The molecule has 22 heavy (non-hydrogen) atoms. The molecule has 114 valence electrons. The van der Waals surface area contributed by atoms with Crippen LogP contribution in [-0.2, 0) is 4.79 Å². The van der Waals surface area contributed by atoms with Crippen LogP contribution in [0.5, 0.6) is 0 Å². The number of hydrogen-bond donors (Lipinski definition) is 0. The minimum Gasteiger partial charge on any atom is -0.361 e. The Kier molecular flexibility index (Phi) is 3.44. The van der Waals surface area contributed by atoms with Crippen molar-refractivity contribution < 1.29 is 14.1 Å². The Morgan fingerprint density at radius 1 is 1.27 bits per heavy atom. The molecule has 0 fully saturated rings. The summed E-state index contributed by atoms with van der Waals surface area (Å²) in [6.07, 6.45) is 0. The van der Waals surface area contributed by atoms with E-state index < -0.39 is 0 Å². The van der Waals surface area contributed by atoms with E-state index in [0.717, 1.165) is 5.69 Å². The predicted octanol–water partition coefficient (Wildman–Crippen LogP) is 2.38. The van der Waals surface area contributed by atoms with E-state index in [1.807, 2.05) is 31.2 Å². The first-order valence-electron chi connectivity index (χ1n) is 7.13. The van der Waals surface area contributed by atoms with Crippen molar-refractivity contribution in [2.45, 2.75) is 26.8 Å². The highest BCUT2D eigenvalue weighted by Gasteiger charge is 2.34. The topological polar surface area (TPSA) is 66.7 Å². The van der Waals surface area contributed by atoms with Crippen LogP contribution in [0.1, 0.15) is 30.1 Å². The quantitative estimate of drug-likeness (QED) is 0.811. The lowest BCUT2D eigenvalue weighted by atomic mass is 10.1. The predicted molar refractivity (Wildman–Crippen MR) is 82.0 cm³/mol. The summed E-state index contributed by atoms with van der Waals surface area (Å²) in [6.45, 7) is 5.62. The van der Waals surface area contributed by atoms with Gasteiger partial charge >= 0.3 is 0 Å². The van der Waals surface area contributed by atoms with Crippen molar-refractivity contribution in [3.8, 4) is 0 Å². The van der Waals surface area contributed by atoms with Gasteiger partial charge in [-0.3, -0.25) is 9.59 Å². The fourth-order valence-electron chi connectivity index (χ4n) is 2.86. The van der Waals surface area contributed by atoms with Crippen LogP contribution >= 0.6 is 0 Å². The number of benzene rings is 1. The third-order valence-electron chi connectivity index (χ3n) is 3.75. The average molecular weight is 299 g/mol. The van der Waals surface area contributed by atoms with Gasteiger partial charge in [0.1, 0.15) is 5.76 Å². The van der Waals surface area contributed by atoms with Crippen molar-refractivity contribution in [3.05, 3.63) is 41.8 Å². The van der Waals surface area contributed by atoms with Crippen LogP contribution in [0.25, 0.3) is 0 Å². The van der Waals surface area contributed by atoms with Gasteiger partial charge < -0.3 is 14.3 Å². The standard InChI is InChI=1S/C16H17N3O3/c1-10-9-18(16(21)13-8-11(2)22-17-13)14-6-4-5-7-15(14)19(10)12(3)20/h4-8,10H,9H2,1-3H3/t10-/m0/s1. The summed E-state index contributed by atoms with van der Waals surface area (Å²) >= 11 is 0. The lowest BCUT2D eigenvalue weighted by molar-refractivity contribution is -0.117. The molecule has 0 spiro atoms. The van der Waals surface area contributed by atoms with Crippen molar-refractivity contribution in [1.82, 2.24) is 5.16 Å². The Morgan fingerprint density at radius 3 is 2.55 bits per heavy atom. The van der Waals surface area contributed by atoms with Gasteiger partial charge in [-0.05, 0) is 26.0 Å². The van der Waals surface area contributed by atoms with Gasteiger partial charge in [-0.25, -0.2) is 0 Å². The first-order valence-corrected chi connectivity index (χ1v) is 7.13. The molecule has 6 heteroatoms. The summed E-state index contributed by atoms with van der Waals surface area (Å²) in [5, 5.41) is 3.80. The fraction of sp³-hybridized carbons (Fsp3) is 0.312. The molecular weight excluding hydrogens is 282 g/mol. The lowest BCUT2D eigenvalue weighted by Gasteiger charge is -2.40. The van der Waals surface area contributed by atoms with E-state index in [1.165, 1.54) is 6.92 Å². The Labute approximate surface area is 128 Å². The van der Waals surface area contributed by atoms with E-state index in [9.17, 15) is 9.59 Å². The number of para-hydroxylation sites is 2. The maximum absolute atomic E-state index is 12.7. The Morgan fingerprint density at radius 2 is 1.95 bits per heavy atom. The number of amides is 2. The summed E-state index contributed by atoms with van der Waals surface area (Å²) in [5.41, 5.74) is 1.72. The zero-order chi connectivity index (χ0) is 15.9. The van der Waals surface area contributed by atoms with Crippen LogP contribution in [0, 0.1) is 6.92 Å². The van der Waals surface area contributed by atoms with Gasteiger partial charge in [0.2, 0.25) is 5.91 Å². The van der Waals surface area contributed by atoms with Crippen LogP contribution < -0.4 is 9.80 Å². The second kappa shape index (κ2) is 5.29. The van der Waals surface area contributed by atoms with E-state index in [1.54, 1.807) is 22.8 Å². The Bertz CT molecular complexity index is 738. The molecule has 0 bridgehead atoms. The maximum atomic E-state index is 12.7. The largest absolute Gasteiger partial charge is 0.361 e. The summed E-state index contributed by atoms with van der Waals surface area (Å²) in [5.74, 6) is 0.329. The normalized spacial score (nSPS) is 17.3. The van der Waals surface area contributed by atoms with Crippen molar-refractivity contribution in [2.75, 3.05) is 16.3 Å². The van der Waals surface area contributed by atoms with Crippen LogP contribution in [0.4, 0.5) is 11.4 Å². The molecule has 0 unspecified atom stereocenters. The summed E-state index contributed by atoms with van der Waals surface area (Å²) in [4.78, 5) is 28.0. The van der Waals surface area contributed by atoms with Gasteiger partial charge in [-0.1, -0.05) is 17.3 Å². The highest BCUT2D eigenvalue weighted by molar-refractivity contribution is 6.09. The number of fused-ring (bicyclic) bond motifs is 1. The number of aromatic nitrogens is 1. The molecule has 2 amide bonds.